The third kappa shape index (κ3) is 2.89. The first-order valence-electron chi connectivity index (χ1n) is 12.8. The highest BCUT2D eigenvalue weighted by molar-refractivity contribution is 5.95. The molecule has 4 aliphatic rings. The summed E-state index contributed by atoms with van der Waals surface area (Å²) in [5, 5.41) is 21.7. The molecule has 2 N–H and O–H groups in total. The molecule has 0 radical (unpaired) electrons. The molecule has 5 heteroatoms. The highest BCUT2D eigenvalue weighted by Gasteiger charge is 2.80. The highest BCUT2D eigenvalue weighted by atomic mass is 16.5. The van der Waals surface area contributed by atoms with Gasteiger partial charge in [0.05, 0.1) is 11.1 Å². The molecule has 3 saturated carbocycles. The lowest BCUT2D eigenvalue weighted by molar-refractivity contribution is 0.00397. The highest BCUT2D eigenvalue weighted by Crippen LogP contribution is 2.82. The van der Waals surface area contributed by atoms with Crippen LogP contribution in [0.25, 0.3) is 0 Å². The predicted molar refractivity (Wildman–Crippen MR) is 126 cm³/mol. The number of aromatic hydroxyl groups is 2. The number of carbonyl (C=O) groups is 2. The van der Waals surface area contributed by atoms with Gasteiger partial charge in [-0.25, -0.2) is 0 Å². The molecule has 180 valence electrons. The molecule has 3 fully saturated rings. The minimum Gasteiger partial charge on any atom is -0.507 e. The predicted octanol–water partition coefficient (Wildman–Crippen LogP) is 6.10. The quantitative estimate of drug-likeness (QED) is 0.525. The summed E-state index contributed by atoms with van der Waals surface area (Å²) in [5.41, 5.74) is 0.287. The summed E-state index contributed by atoms with van der Waals surface area (Å²) in [6, 6.07) is 0. The maximum Gasteiger partial charge on any atom is 0.157 e. The molecule has 0 unspecified atom stereocenters. The molecule has 1 heterocycles. The van der Waals surface area contributed by atoms with E-state index in [1.54, 1.807) is 0 Å². The second kappa shape index (κ2) is 7.48. The number of hydrogen-bond acceptors (Lipinski definition) is 5. The fraction of sp³-hybridized carbons (Fsp3) is 0.714. The van der Waals surface area contributed by atoms with Gasteiger partial charge in [0, 0.05) is 11.5 Å². The Hall–Kier alpha value is -2.04. The Bertz CT molecular complexity index is 997. The molecule has 5 nitrogen and oxygen atoms in total. The maximum absolute atomic E-state index is 12.1. The van der Waals surface area contributed by atoms with E-state index in [0.29, 0.717) is 64.8 Å². The lowest BCUT2D eigenvalue weighted by Crippen LogP contribution is -2.43. The van der Waals surface area contributed by atoms with Gasteiger partial charge in [-0.15, -0.1) is 0 Å². The van der Waals surface area contributed by atoms with E-state index in [1.165, 1.54) is 12.8 Å². The molecule has 3 aliphatic carbocycles. The van der Waals surface area contributed by atoms with Gasteiger partial charge in [-0.2, -0.15) is 0 Å². The van der Waals surface area contributed by atoms with Gasteiger partial charge in [-0.3, -0.25) is 9.59 Å². The number of aldehydes is 2. The van der Waals surface area contributed by atoms with Crippen molar-refractivity contribution in [2.24, 2.45) is 40.9 Å². The first-order chi connectivity index (χ1) is 15.6. The average Bonchev–Trinajstić information content (AvgIpc) is 3.35. The van der Waals surface area contributed by atoms with Gasteiger partial charge in [0.15, 0.2) is 12.6 Å². The van der Waals surface area contributed by atoms with Crippen molar-refractivity contribution in [3.8, 4) is 17.2 Å². The van der Waals surface area contributed by atoms with Crippen LogP contribution in [0.5, 0.6) is 17.2 Å². The summed E-state index contributed by atoms with van der Waals surface area (Å²) >= 11 is 0. The number of fused-ring (bicyclic) bond motifs is 3. The summed E-state index contributed by atoms with van der Waals surface area (Å²) in [6.45, 7) is 11.4. The molecule has 5 rings (SSSR count). The van der Waals surface area contributed by atoms with Crippen LogP contribution in [0.2, 0.25) is 0 Å². The van der Waals surface area contributed by atoms with Crippen molar-refractivity contribution >= 4 is 12.6 Å². The monoisotopic (exact) mass is 454 g/mol. The molecule has 1 aromatic carbocycles. The van der Waals surface area contributed by atoms with Crippen LogP contribution < -0.4 is 4.74 Å². The number of phenols is 2. The maximum atomic E-state index is 12.1. The largest absolute Gasteiger partial charge is 0.507 e. The minimum absolute atomic E-state index is 0.00996. The van der Waals surface area contributed by atoms with Crippen molar-refractivity contribution in [2.75, 3.05) is 0 Å². The zero-order valence-corrected chi connectivity index (χ0v) is 20.6. The Morgan fingerprint density at radius 2 is 1.73 bits per heavy atom. The van der Waals surface area contributed by atoms with E-state index in [4.69, 9.17) is 4.74 Å². The molecule has 1 aliphatic heterocycles. The van der Waals surface area contributed by atoms with Gasteiger partial charge in [0.1, 0.15) is 22.8 Å². The number of phenolic OH excluding ortho intramolecular Hbond substituents is 2. The molecule has 33 heavy (non-hydrogen) atoms. The van der Waals surface area contributed by atoms with Crippen molar-refractivity contribution in [1.29, 1.82) is 0 Å². The van der Waals surface area contributed by atoms with Crippen LogP contribution in [-0.2, 0) is 0 Å². The third-order valence-corrected chi connectivity index (χ3v) is 9.97. The summed E-state index contributed by atoms with van der Waals surface area (Å²) in [4.78, 5) is 23.8. The molecule has 0 bridgehead atoms. The Kier molecular flexibility index (Phi) is 5.15. The van der Waals surface area contributed by atoms with Crippen LogP contribution in [0.1, 0.15) is 105 Å². The number of ether oxygens (including phenoxy) is 1. The number of carbonyl (C=O) groups excluding carboxylic acids is 2. The zero-order valence-electron chi connectivity index (χ0n) is 20.6. The van der Waals surface area contributed by atoms with Gasteiger partial charge in [-0.1, -0.05) is 34.6 Å². The van der Waals surface area contributed by atoms with Crippen molar-refractivity contribution in [3.05, 3.63) is 16.7 Å². The van der Waals surface area contributed by atoms with Crippen LogP contribution in [0.15, 0.2) is 0 Å². The molecular weight excluding hydrogens is 416 g/mol. The van der Waals surface area contributed by atoms with Crippen LogP contribution in [0, 0.1) is 40.9 Å². The van der Waals surface area contributed by atoms with E-state index in [1.807, 2.05) is 0 Å². The van der Waals surface area contributed by atoms with Crippen molar-refractivity contribution in [2.45, 2.75) is 84.7 Å². The topological polar surface area (TPSA) is 83.8 Å². The van der Waals surface area contributed by atoms with E-state index in [2.05, 4.69) is 34.6 Å². The molecule has 1 aromatic rings. The fourth-order valence-corrected chi connectivity index (χ4v) is 8.73. The summed E-state index contributed by atoms with van der Waals surface area (Å²) in [7, 11) is 0. The second-order valence-electron chi connectivity index (χ2n) is 12.2. The van der Waals surface area contributed by atoms with E-state index in [-0.39, 0.29) is 28.4 Å². The smallest absolute Gasteiger partial charge is 0.157 e. The van der Waals surface area contributed by atoms with E-state index in [9.17, 15) is 19.8 Å². The lowest BCUT2D eigenvalue weighted by Gasteiger charge is -2.44. The van der Waals surface area contributed by atoms with E-state index in [0.717, 1.165) is 25.7 Å². The molecule has 0 amide bonds. The number of rotatable bonds is 5. The first kappa shape index (κ1) is 22.7. The molecular formula is C28H38O5. The summed E-state index contributed by atoms with van der Waals surface area (Å²) in [5.74, 6) is 3.09. The van der Waals surface area contributed by atoms with Crippen molar-refractivity contribution in [3.63, 3.8) is 0 Å². The average molecular weight is 455 g/mol. The molecule has 0 saturated heterocycles. The molecule has 2 spiro atoms. The standard InChI is InChI=1S/C28H38O5/c1-14(2)10-17-11-27(33-25-20(13-30)23(31)19(12-29)24(32)21(17)25)8-9-28-16(5)6-7-18(15(3)4)22(28)26(27)28/h12-18,22,26,31-32H,6-11H2,1-5H3/t16-,17-,18+,22-,26-,27-,28+/m1/s1. The van der Waals surface area contributed by atoms with Crippen LogP contribution >= 0.6 is 0 Å². The van der Waals surface area contributed by atoms with Gasteiger partial charge in [0.2, 0.25) is 0 Å². The van der Waals surface area contributed by atoms with Gasteiger partial charge < -0.3 is 14.9 Å². The molecule has 7 atom stereocenters. The van der Waals surface area contributed by atoms with E-state index < -0.39 is 5.75 Å². The SMILES string of the molecule is CC(C)C[C@@H]1C[C@@]2(CC[C@]34[C@@H]([C@H]23)[C@H](C(C)C)CC[C@H]4C)Oc2c(C=O)c(O)c(C=O)c(O)c21. The summed E-state index contributed by atoms with van der Waals surface area (Å²) < 4.78 is 6.83. The van der Waals surface area contributed by atoms with E-state index >= 15 is 0 Å². The Morgan fingerprint density at radius 3 is 2.33 bits per heavy atom. The second-order valence-corrected chi connectivity index (χ2v) is 12.2. The Labute approximate surface area is 196 Å². The van der Waals surface area contributed by atoms with Crippen LogP contribution in [0.3, 0.4) is 0 Å². The first-order valence-corrected chi connectivity index (χ1v) is 12.8. The normalized spacial score (nSPS) is 38.6. The lowest BCUT2D eigenvalue weighted by atomic mass is 9.69. The number of hydrogen-bond donors (Lipinski definition) is 2. The van der Waals surface area contributed by atoms with Crippen LogP contribution in [-0.4, -0.2) is 28.4 Å². The zero-order chi connectivity index (χ0) is 23.9. The number of benzene rings is 1. The summed E-state index contributed by atoms with van der Waals surface area (Å²) in [6.07, 6.45) is 7.29. The van der Waals surface area contributed by atoms with Crippen molar-refractivity contribution < 1.29 is 24.5 Å². The fourth-order valence-electron chi connectivity index (χ4n) is 8.73. The Morgan fingerprint density at radius 1 is 1.03 bits per heavy atom. The minimum atomic E-state index is -0.467. The van der Waals surface area contributed by atoms with Gasteiger partial charge in [-0.05, 0) is 79.4 Å². The molecule has 0 aromatic heterocycles. The third-order valence-electron chi connectivity index (χ3n) is 9.97. The van der Waals surface area contributed by atoms with Gasteiger partial charge in [0.25, 0.3) is 0 Å². The van der Waals surface area contributed by atoms with Crippen LogP contribution in [0.4, 0.5) is 0 Å². The van der Waals surface area contributed by atoms with Gasteiger partial charge >= 0.3 is 0 Å². The Balaban J connectivity index is 1.65. The van der Waals surface area contributed by atoms with Crippen molar-refractivity contribution in [1.82, 2.24) is 0 Å².